The monoisotopic (exact) mass is 524 g/mol. The third kappa shape index (κ3) is 8.45. The van der Waals surface area contributed by atoms with Gasteiger partial charge in [-0.25, -0.2) is 8.78 Å². The number of rotatable bonds is 11. The zero-order valence-electron chi connectivity index (χ0n) is 22.1. The molecule has 9 heteroatoms. The molecule has 1 fully saturated rings. The van der Waals surface area contributed by atoms with Crippen molar-refractivity contribution in [1.29, 1.82) is 5.26 Å². The van der Waals surface area contributed by atoms with E-state index in [-0.39, 0.29) is 30.0 Å². The maximum absolute atomic E-state index is 13.5. The average molecular weight is 525 g/mol. The van der Waals surface area contributed by atoms with Crippen LogP contribution in [0.1, 0.15) is 59.4 Å². The molecule has 38 heavy (non-hydrogen) atoms. The van der Waals surface area contributed by atoms with Crippen LogP contribution in [0, 0.1) is 23.2 Å². The number of carbonyl (C=O) groups is 2. The van der Waals surface area contributed by atoms with Gasteiger partial charge in [0.2, 0.25) is 5.96 Å². The number of hydrogen-bond donors (Lipinski definition) is 2. The molecule has 0 bridgehead atoms. The first-order valence-corrected chi connectivity index (χ1v) is 13.0. The molecule has 0 spiro atoms. The number of ketones is 2. The molecule has 2 aromatic carbocycles. The highest BCUT2D eigenvalue weighted by Gasteiger charge is 2.33. The lowest BCUT2D eigenvalue weighted by Gasteiger charge is -2.43. The molecule has 0 amide bonds. The predicted octanol–water partition coefficient (Wildman–Crippen LogP) is 4.90. The molecule has 7 nitrogen and oxygen atoms in total. The molecular formula is C29H36F2N5O2+. The van der Waals surface area contributed by atoms with Crippen molar-refractivity contribution < 1.29 is 22.9 Å². The minimum absolute atomic E-state index is 0.175. The molecule has 0 atom stereocenters. The molecule has 1 aliphatic rings. The van der Waals surface area contributed by atoms with E-state index >= 15 is 0 Å². The largest absolute Gasteiger partial charge is 0.325 e. The van der Waals surface area contributed by atoms with Gasteiger partial charge in [0.05, 0.1) is 19.6 Å². The van der Waals surface area contributed by atoms with Crippen molar-refractivity contribution in [1.82, 2.24) is 5.32 Å². The van der Waals surface area contributed by atoms with E-state index in [1.54, 1.807) is 18.2 Å². The molecule has 0 saturated carbocycles. The number of hydrogen-bond acceptors (Lipinski definition) is 4. The number of Topliss-reactive ketones (excluding diaryl/α,β-unsaturated/α-hetero) is 2. The summed E-state index contributed by atoms with van der Waals surface area (Å²) in [4.78, 5) is 28.2. The topological polar surface area (TPSA) is 94.3 Å². The maximum Gasteiger partial charge on any atom is 0.209 e. The van der Waals surface area contributed by atoms with E-state index in [1.165, 1.54) is 26.0 Å². The highest BCUT2D eigenvalue weighted by Crippen LogP contribution is 2.27. The van der Waals surface area contributed by atoms with Crippen molar-refractivity contribution in [3.8, 4) is 6.19 Å². The number of quaternary nitrogens is 1. The molecule has 0 aromatic heterocycles. The van der Waals surface area contributed by atoms with Gasteiger partial charge in [0.15, 0.2) is 17.8 Å². The number of benzene rings is 2. The van der Waals surface area contributed by atoms with Gasteiger partial charge in [-0.05, 0) is 74.9 Å². The van der Waals surface area contributed by atoms with E-state index in [0.717, 1.165) is 44.5 Å². The Hall–Kier alpha value is -3.64. The van der Waals surface area contributed by atoms with Crippen LogP contribution in [0.15, 0.2) is 47.5 Å². The lowest BCUT2D eigenvalue weighted by Crippen LogP contribution is -2.55. The molecule has 1 saturated heterocycles. The van der Waals surface area contributed by atoms with Crippen molar-refractivity contribution in [2.45, 2.75) is 39.5 Å². The number of halogens is 2. The molecule has 2 aromatic rings. The van der Waals surface area contributed by atoms with E-state index < -0.39 is 0 Å². The molecule has 1 aliphatic heterocycles. The van der Waals surface area contributed by atoms with Crippen LogP contribution in [-0.2, 0) is 6.42 Å². The first-order valence-electron chi connectivity index (χ1n) is 13.0. The van der Waals surface area contributed by atoms with Crippen LogP contribution in [0.5, 0.6) is 0 Å². The Morgan fingerprint density at radius 3 is 2.24 bits per heavy atom. The van der Waals surface area contributed by atoms with Gasteiger partial charge in [-0.15, -0.1) is 0 Å². The number of nitrogens with one attached hydrogen (secondary N) is 2. The van der Waals surface area contributed by atoms with Gasteiger partial charge in [0.1, 0.15) is 19.0 Å². The van der Waals surface area contributed by atoms with Crippen molar-refractivity contribution in [2.75, 3.05) is 44.7 Å². The summed E-state index contributed by atoms with van der Waals surface area (Å²) in [6.45, 7) is 5.94. The Kier molecular flexibility index (Phi) is 10.5. The van der Waals surface area contributed by atoms with E-state index in [9.17, 15) is 18.4 Å². The third-order valence-corrected chi connectivity index (χ3v) is 7.26. The lowest BCUT2D eigenvalue weighted by atomic mass is 9.88. The summed E-state index contributed by atoms with van der Waals surface area (Å²) < 4.78 is 27.4. The predicted molar refractivity (Wildman–Crippen MR) is 144 cm³/mol. The number of alkyl halides is 1. The van der Waals surface area contributed by atoms with Crippen LogP contribution in [0.4, 0.5) is 14.5 Å². The molecule has 3 rings (SSSR count). The second-order valence-electron chi connectivity index (χ2n) is 10.1. The SMILES string of the molecule is CC(=O)c1cc(NC(=NCCC[N+]2(CCF)CCC(Cc3ccc(F)cc3)CC2)NC#N)cc(C(C)=O)c1. The highest BCUT2D eigenvalue weighted by atomic mass is 19.1. The molecule has 0 radical (unpaired) electrons. The Labute approximate surface area is 223 Å². The zero-order chi connectivity index (χ0) is 27.5. The fourth-order valence-electron chi connectivity index (χ4n) is 5.07. The van der Waals surface area contributed by atoms with Gasteiger partial charge < -0.3 is 9.80 Å². The summed E-state index contributed by atoms with van der Waals surface area (Å²) >= 11 is 0. The Balaban J connectivity index is 1.58. The summed E-state index contributed by atoms with van der Waals surface area (Å²) in [7, 11) is 0. The van der Waals surface area contributed by atoms with Crippen LogP contribution < -0.4 is 10.6 Å². The van der Waals surface area contributed by atoms with Crippen molar-refractivity contribution >= 4 is 23.2 Å². The molecular weight excluding hydrogens is 488 g/mol. The molecule has 2 N–H and O–H groups in total. The summed E-state index contributed by atoms with van der Waals surface area (Å²) in [6, 6.07) is 11.4. The highest BCUT2D eigenvalue weighted by molar-refractivity contribution is 6.03. The van der Waals surface area contributed by atoms with Crippen molar-refractivity contribution in [3.63, 3.8) is 0 Å². The van der Waals surface area contributed by atoms with Gasteiger partial charge in [-0.2, -0.15) is 5.26 Å². The van der Waals surface area contributed by atoms with Gasteiger partial charge in [0.25, 0.3) is 0 Å². The van der Waals surface area contributed by atoms with Gasteiger partial charge in [-0.3, -0.25) is 19.9 Å². The normalized spacial score (nSPS) is 19.4. The van der Waals surface area contributed by atoms with E-state index in [2.05, 4.69) is 15.6 Å². The number of guanidine groups is 1. The third-order valence-electron chi connectivity index (χ3n) is 7.26. The second-order valence-corrected chi connectivity index (χ2v) is 10.1. The number of nitrogens with zero attached hydrogens (tertiary/aromatic N) is 3. The van der Waals surface area contributed by atoms with Gasteiger partial charge in [0, 0.05) is 29.8 Å². The van der Waals surface area contributed by atoms with Gasteiger partial charge in [-0.1, -0.05) is 12.1 Å². The Morgan fingerprint density at radius 1 is 1.05 bits per heavy atom. The summed E-state index contributed by atoms with van der Waals surface area (Å²) in [5.41, 5.74) is 2.38. The zero-order valence-corrected chi connectivity index (χ0v) is 22.1. The molecule has 0 unspecified atom stereocenters. The maximum atomic E-state index is 13.5. The second kappa shape index (κ2) is 13.8. The number of nitriles is 1. The molecule has 1 heterocycles. The minimum Gasteiger partial charge on any atom is -0.325 e. The summed E-state index contributed by atoms with van der Waals surface area (Å²) in [5.74, 6) is 0.146. The molecule has 0 aliphatic carbocycles. The number of carbonyl (C=O) groups excluding carboxylic acids is 2. The van der Waals surface area contributed by atoms with Crippen LogP contribution in [0.2, 0.25) is 0 Å². The first kappa shape index (κ1) is 28.9. The number of aliphatic imine (C=N–C) groups is 1. The quantitative estimate of drug-likeness (QED) is 0.0830. The van der Waals surface area contributed by atoms with Crippen LogP contribution >= 0.6 is 0 Å². The number of likely N-dealkylation sites (tertiary alicyclic amines) is 1. The fourth-order valence-corrected chi connectivity index (χ4v) is 5.07. The Morgan fingerprint density at radius 2 is 1.68 bits per heavy atom. The van der Waals surface area contributed by atoms with Crippen LogP contribution in [-0.4, -0.2) is 61.4 Å². The smallest absolute Gasteiger partial charge is 0.209 e. The van der Waals surface area contributed by atoms with E-state index in [1.807, 2.05) is 18.3 Å². The van der Waals surface area contributed by atoms with Crippen LogP contribution in [0.25, 0.3) is 0 Å². The summed E-state index contributed by atoms with van der Waals surface area (Å²) in [5, 5.41) is 14.7. The van der Waals surface area contributed by atoms with E-state index in [4.69, 9.17) is 5.26 Å². The number of piperidine rings is 1. The number of anilines is 1. The van der Waals surface area contributed by atoms with E-state index in [0.29, 0.717) is 46.7 Å². The van der Waals surface area contributed by atoms with Crippen LogP contribution in [0.3, 0.4) is 0 Å². The molecule has 202 valence electrons. The first-order chi connectivity index (χ1) is 18.2. The van der Waals surface area contributed by atoms with Gasteiger partial charge >= 0.3 is 0 Å². The lowest BCUT2D eigenvalue weighted by molar-refractivity contribution is -0.933. The van der Waals surface area contributed by atoms with Crippen molar-refractivity contribution in [3.05, 3.63) is 65.0 Å². The van der Waals surface area contributed by atoms with Crippen molar-refractivity contribution in [2.24, 2.45) is 10.9 Å². The summed E-state index contributed by atoms with van der Waals surface area (Å²) in [6.07, 6.45) is 5.47. The fraction of sp³-hybridized carbons (Fsp3) is 0.448. The Bertz CT molecular complexity index is 1150. The standard InChI is InChI=1S/C29H36F2N5O2/c1-21(37)25-17-26(22(2)38)19-28(18-25)35-29(34-20-32)33-11-3-12-36(15-10-30)13-8-24(9-14-36)16-23-4-6-27(31)7-5-23/h4-7,17-19,24H,3,8-16H2,1-2H3,(H2,33,34,35)/q+1. The minimum atomic E-state index is -0.375. The average Bonchev–Trinajstić information content (AvgIpc) is 2.89.